The fraction of sp³-hybridized carbons (Fsp3) is 0.118. The summed E-state index contributed by atoms with van der Waals surface area (Å²) in [6, 6.07) is 9.63. The lowest BCUT2D eigenvalue weighted by atomic mass is 10.1. The van der Waals surface area contributed by atoms with Gasteiger partial charge in [0.1, 0.15) is 12.3 Å². The van der Waals surface area contributed by atoms with Crippen LogP contribution in [-0.2, 0) is 11.3 Å². The van der Waals surface area contributed by atoms with Crippen molar-refractivity contribution in [3.05, 3.63) is 63.7 Å². The number of aromatic hydroxyl groups is 1. The highest BCUT2D eigenvalue weighted by atomic mass is 35.5. The highest BCUT2D eigenvalue weighted by Gasteiger charge is 2.11. The molecule has 0 saturated heterocycles. The molecule has 0 saturated carbocycles. The van der Waals surface area contributed by atoms with Gasteiger partial charge in [-0.2, -0.15) is 0 Å². The molecule has 3 aromatic rings. The molecular weight excluding hydrogens is 330 g/mol. The highest BCUT2D eigenvalue weighted by molar-refractivity contribution is 6.31. The number of amides is 1. The molecular formula is C17H14ClN3O3. The number of para-hydroxylation sites is 1. The van der Waals surface area contributed by atoms with E-state index in [9.17, 15) is 14.7 Å². The van der Waals surface area contributed by atoms with E-state index < -0.39 is 5.91 Å². The normalized spacial score (nSPS) is 10.8. The van der Waals surface area contributed by atoms with Crippen molar-refractivity contribution < 1.29 is 9.90 Å². The third kappa shape index (κ3) is 3.09. The van der Waals surface area contributed by atoms with Gasteiger partial charge in [-0.3, -0.25) is 14.2 Å². The van der Waals surface area contributed by atoms with Gasteiger partial charge in [-0.1, -0.05) is 23.7 Å². The second-order valence-corrected chi connectivity index (χ2v) is 5.79. The minimum atomic E-state index is -0.469. The average Bonchev–Trinajstić information content (AvgIpc) is 2.54. The number of phenols is 1. The first-order valence-electron chi connectivity index (χ1n) is 7.19. The minimum absolute atomic E-state index is 0.104. The Labute approximate surface area is 142 Å². The molecule has 122 valence electrons. The van der Waals surface area contributed by atoms with Crippen LogP contribution in [0.4, 0.5) is 5.69 Å². The molecule has 1 amide bonds. The summed E-state index contributed by atoms with van der Waals surface area (Å²) in [5.41, 5.74) is 1.40. The number of phenolic OH excluding ortho intramolecular Hbond substituents is 1. The Bertz CT molecular complexity index is 998. The zero-order valence-corrected chi connectivity index (χ0v) is 13.5. The highest BCUT2D eigenvalue weighted by Crippen LogP contribution is 2.26. The number of rotatable bonds is 3. The van der Waals surface area contributed by atoms with Gasteiger partial charge in [0.25, 0.3) is 5.56 Å². The maximum absolute atomic E-state index is 12.5. The number of anilines is 1. The first kappa shape index (κ1) is 16.0. The van der Waals surface area contributed by atoms with E-state index in [1.165, 1.54) is 29.1 Å². The van der Waals surface area contributed by atoms with E-state index >= 15 is 0 Å². The van der Waals surface area contributed by atoms with Gasteiger partial charge >= 0.3 is 0 Å². The van der Waals surface area contributed by atoms with Crippen molar-refractivity contribution in [3.8, 4) is 5.75 Å². The Morgan fingerprint density at radius 1 is 1.33 bits per heavy atom. The van der Waals surface area contributed by atoms with Crippen LogP contribution in [0.2, 0.25) is 5.02 Å². The van der Waals surface area contributed by atoms with Crippen molar-refractivity contribution in [2.45, 2.75) is 13.5 Å². The molecule has 24 heavy (non-hydrogen) atoms. The maximum atomic E-state index is 12.5. The van der Waals surface area contributed by atoms with E-state index in [1.54, 1.807) is 12.1 Å². The summed E-state index contributed by atoms with van der Waals surface area (Å²) in [5.74, 6) is -0.573. The van der Waals surface area contributed by atoms with Crippen LogP contribution in [-0.4, -0.2) is 20.6 Å². The van der Waals surface area contributed by atoms with Crippen LogP contribution in [0.3, 0.4) is 0 Å². The molecule has 0 aliphatic heterocycles. The van der Waals surface area contributed by atoms with E-state index in [1.807, 2.05) is 13.0 Å². The summed E-state index contributed by atoms with van der Waals surface area (Å²) < 4.78 is 1.22. The molecule has 3 rings (SSSR count). The van der Waals surface area contributed by atoms with Crippen LogP contribution in [0.1, 0.15) is 5.56 Å². The molecule has 0 aliphatic rings. The molecule has 0 unspecified atom stereocenters. The van der Waals surface area contributed by atoms with Gasteiger partial charge in [-0.05, 0) is 36.8 Å². The number of aromatic nitrogens is 2. The molecule has 1 aromatic heterocycles. The number of carbonyl (C=O) groups excluding carboxylic acids is 1. The SMILES string of the molecule is Cc1cccc2c(=O)n(CC(=O)Nc3cc(Cl)ccc3O)cnc12. The quantitative estimate of drug-likeness (QED) is 0.716. The number of benzene rings is 2. The Morgan fingerprint density at radius 2 is 2.12 bits per heavy atom. The van der Waals surface area contributed by atoms with Gasteiger partial charge in [0.15, 0.2) is 0 Å². The second kappa shape index (κ2) is 6.33. The van der Waals surface area contributed by atoms with Crippen molar-refractivity contribution >= 4 is 34.1 Å². The van der Waals surface area contributed by atoms with E-state index in [0.29, 0.717) is 15.9 Å². The smallest absolute Gasteiger partial charge is 0.261 e. The van der Waals surface area contributed by atoms with Crippen LogP contribution in [0.5, 0.6) is 5.75 Å². The zero-order chi connectivity index (χ0) is 17.3. The van der Waals surface area contributed by atoms with Crippen molar-refractivity contribution in [2.24, 2.45) is 0 Å². The molecule has 0 bridgehead atoms. The molecule has 2 N–H and O–H groups in total. The first-order chi connectivity index (χ1) is 11.5. The van der Waals surface area contributed by atoms with Gasteiger partial charge in [0, 0.05) is 5.02 Å². The number of hydrogen-bond acceptors (Lipinski definition) is 4. The van der Waals surface area contributed by atoms with Crippen molar-refractivity contribution in [2.75, 3.05) is 5.32 Å². The lowest BCUT2D eigenvalue weighted by Gasteiger charge is -2.10. The Kier molecular flexibility index (Phi) is 4.22. The molecule has 0 aliphatic carbocycles. The second-order valence-electron chi connectivity index (χ2n) is 5.36. The number of fused-ring (bicyclic) bond motifs is 1. The largest absolute Gasteiger partial charge is 0.506 e. The van der Waals surface area contributed by atoms with E-state index in [4.69, 9.17) is 11.6 Å². The summed E-state index contributed by atoms with van der Waals surface area (Å²) in [6.07, 6.45) is 1.34. The number of hydrogen-bond donors (Lipinski definition) is 2. The van der Waals surface area contributed by atoms with Crippen LogP contribution in [0, 0.1) is 6.92 Å². The molecule has 7 heteroatoms. The monoisotopic (exact) mass is 343 g/mol. The standard InChI is InChI=1S/C17H14ClN3O3/c1-10-3-2-4-12-16(10)19-9-21(17(12)24)8-15(23)20-13-7-11(18)5-6-14(13)22/h2-7,9,22H,8H2,1H3,(H,20,23). The Morgan fingerprint density at radius 3 is 2.92 bits per heavy atom. The Balaban J connectivity index is 1.87. The van der Waals surface area contributed by atoms with Gasteiger partial charge < -0.3 is 10.4 Å². The lowest BCUT2D eigenvalue weighted by Crippen LogP contribution is -2.28. The van der Waals surface area contributed by atoms with E-state index in [0.717, 1.165) is 5.56 Å². The van der Waals surface area contributed by atoms with Crippen molar-refractivity contribution in [1.82, 2.24) is 9.55 Å². The molecule has 1 heterocycles. The van der Waals surface area contributed by atoms with Gasteiger partial charge in [-0.15, -0.1) is 0 Å². The third-order valence-corrected chi connectivity index (χ3v) is 3.84. The van der Waals surface area contributed by atoms with E-state index in [-0.39, 0.29) is 23.5 Å². The van der Waals surface area contributed by atoms with Crippen LogP contribution in [0.25, 0.3) is 10.9 Å². The molecule has 0 fully saturated rings. The minimum Gasteiger partial charge on any atom is -0.506 e. The number of halogens is 1. The summed E-state index contributed by atoms with van der Waals surface area (Å²) in [6.45, 7) is 1.65. The summed E-state index contributed by atoms with van der Waals surface area (Å²) in [7, 11) is 0. The number of nitrogens with one attached hydrogen (secondary N) is 1. The van der Waals surface area contributed by atoms with Gasteiger partial charge in [0.2, 0.25) is 5.91 Å². The predicted octanol–water partition coefficient (Wildman–Crippen LogP) is 2.70. The Hall–Kier alpha value is -2.86. The van der Waals surface area contributed by atoms with Crippen molar-refractivity contribution in [3.63, 3.8) is 0 Å². The van der Waals surface area contributed by atoms with Gasteiger partial charge in [-0.25, -0.2) is 4.98 Å². The van der Waals surface area contributed by atoms with Crippen LogP contribution in [0.15, 0.2) is 47.5 Å². The van der Waals surface area contributed by atoms with Crippen LogP contribution >= 0.6 is 11.6 Å². The molecule has 0 spiro atoms. The maximum Gasteiger partial charge on any atom is 0.261 e. The fourth-order valence-electron chi connectivity index (χ4n) is 2.40. The average molecular weight is 344 g/mol. The van der Waals surface area contributed by atoms with Crippen molar-refractivity contribution in [1.29, 1.82) is 0 Å². The molecule has 6 nitrogen and oxygen atoms in total. The van der Waals surface area contributed by atoms with E-state index in [2.05, 4.69) is 10.3 Å². The number of aryl methyl sites for hydroxylation is 1. The number of nitrogens with zero attached hydrogens (tertiary/aromatic N) is 2. The zero-order valence-electron chi connectivity index (χ0n) is 12.8. The first-order valence-corrected chi connectivity index (χ1v) is 7.56. The van der Waals surface area contributed by atoms with Crippen LogP contribution < -0.4 is 10.9 Å². The predicted molar refractivity (Wildman–Crippen MR) is 92.5 cm³/mol. The summed E-state index contributed by atoms with van der Waals surface area (Å²) >= 11 is 5.84. The van der Waals surface area contributed by atoms with Gasteiger partial charge in [0.05, 0.1) is 22.9 Å². The molecule has 0 atom stereocenters. The molecule has 2 aromatic carbocycles. The summed E-state index contributed by atoms with van der Waals surface area (Å²) in [4.78, 5) is 28.9. The third-order valence-electron chi connectivity index (χ3n) is 3.60. The summed E-state index contributed by atoms with van der Waals surface area (Å²) in [5, 5.41) is 13.1. The molecule has 0 radical (unpaired) electrons. The fourth-order valence-corrected chi connectivity index (χ4v) is 2.58. The lowest BCUT2D eigenvalue weighted by molar-refractivity contribution is -0.116. The topological polar surface area (TPSA) is 84.2 Å². The number of carbonyl (C=O) groups is 1.